The Morgan fingerprint density at radius 2 is 2.07 bits per heavy atom. The summed E-state index contributed by atoms with van der Waals surface area (Å²) in [5.41, 5.74) is 5.13. The molecule has 78 valence electrons. The summed E-state index contributed by atoms with van der Waals surface area (Å²) in [6.07, 6.45) is -3.66. The summed E-state index contributed by atoms with van der Waals surface area (Å²) in [5, 5.41) is 0. The molecule has 0 fully saturated rings. The molecule has 3 nitrogen and oxygen atoms in total. The monoisotopic (exact) mass is 382 g/mol. The van der Waals surface area contributed by atoms with E-state index >= 15 is 0 Å². The lowest BCUT2D eigenvalue weighted by molar-refractivity contribution is -0.274. The van der Waals surface area contributed by atoms with Gasteiger partial charge >= 0.3 is 6.36 Å². The topological polar surface area (TPSA) is 48.1 Å². The number of rotatable bonds is 1. The molecule has 0 spiro atoms. The molecule has 0 unspecified atom stereocenters. The normalized spacial score (nSPS) is 11.5. The van der Waals surface area contributed by atoms with Crippen LogP contribution in [0.3, 0.4) is 0 Å². The predicted octanol–water partition coefficient (Wildman–Crippen LogP) is 2.93. The minimum absolute atomic E-state index is 0.157. The van der Waals surface area contributed by atoms with E-state index in [1.54, 1.807) is 22.6 Å². The summed E-state index contributed by atoms with van der Waals surface area (Å²) in [5.74, 6) is -0.431. The van der Waals surface area contributed by atoms with Gasteiger partial charge in [0, 0.05) is 0 Å². The predicted molar refractivity (Wildman–Crippen MR) is 55.7 cm³/mol. The molecule has 2 N–H and O–H groups in total. The van der Waals surface area contributed by atoms with Crippen LogP contribution in [0.25, 0.3) is 0 Å². The second-order valence-electron chi connectivity index (χ2n) is 2.20. The fourth-order valence-electron chi connectivity index (χ4n) is 0.681. The van der Waals surface area contributed by atoms with Crippen LogP contribution in [-0.4, -0.2) is 11.3 Å². The average molecular weight is 383 g/mol. The Hall–Kier alpha value is -0.250. The van der Waals surface area contributed by atoms with Gasteiger partial charge in [0.1, 0.15) is 4.60 Å². The molecule has 1 aromatic rings. The highest BCUT2D eigenvalue weighted by Crippen LogP contribution is 2.35. The summed E-state index contributed by atoms with van der Waals surface area (Å²) in [6.45, 7) is 0. The summed E-state index contributed by atoms with van der Waals surface area (Å²) >= 11 is 4.62. The highest BCUT2D eigenvalue weighted by Gasteiger charge is 2.33. The number of anilines is 1. The van der Waals surface area contributed by atoms with Gasteiger partial charge in [-0.1, -0.05) is 0 Å². The second-order valence-corrected chi connectivity index (χ2v) is 4.03. The molecule has 0 atom stereocenters. The average Bonchev–Trinajstić information content (AvgIpc) is 2.04. The van der Waals surface area contributed by atoms with E-state index in [1.165, 1.54) is 0 Å². The van der Waals surface area contributed by atoms with Crippen molar-refractivity contribution < 1.29 is 17.9 Å². The molecular weight excluding hydrogens is 380 g/mol. The molecule has 1 heterocycles. The van der Waals surface area contributed by atoms with E-state index < -0.39 is 12.1 Å². The van der Waals surface area contributed by atoms with E-state index in [1.807, 2.05) is 0 Å². The lowest BCUT2D eigenvalue weighted by Crippen LogP contribution is -2.19. The number of ether oxygens (including phenoxy) is 1. The van der Waals surface area contributed by atoms with Crippen LogP contribution in [0.15, 0.2) is 10.8 Å². The molecule has 0 radical (unpaired) electrons. The molecule has 0 amide bonds. The smallest absolute Gasteiger partial charge is 0.402 e. The van der Waals surface area contributed by atoms with Crippen molar-refractivity contribution in [2.24, 2.45) is 0 Å². The molecule has 1 aromatic heterocycles. The van der Waals surface area contributed by atoms with Crippen LogP contribution in [-0.2, 0) is 0 Å². The lowest BCUT2D eigenvalue weighted by Gasteiger charge is -2.12. The number of nitrogens with zero attached hydrogens (tertiary/aromatic N) is 1. The third-order valence-electron chi connectivity index (χ3n) is 1.18. The number of nitrogens with two attached hydrogens (primary N) is 1. The van der Waals surface area contributed by atoms with Crippen LogP contribution in [0.5, 0.6) is 5.75 Å². The minimum atomic E-state index is -4.76. The van der Waals surface area contributed by atoms with Crippen molar-refractivity contribution in [3.8, 4) is 5.75 Å². The minimum Gasteiger partial charge on any atom is -0.402 e. The SMILES string of the molecule is Nc1cnc(Br)c(I)c1OC(F)(F)F. The fourth-order valence-corrected chi connectivity index (χ4v) is 1.52. The Labute approximate surface area is 99.1 Å². The van der Waals surface area contributed by atoms with Gasteiger partial charge in [-0.15, -0.1) is 13.2 Å². The third kappa shape index (κ3) is 2.87. The van der Waals surface area contributed by atoms with Crippen LogP contribution in [0.2, 0.25) is 0 Å². The maximum atomic E-state index is 11.9. The molecule has 1 rings (SSSR count). The van der Waals surface area contributed by atoms with Gasteiger partial charge in [0.15, 0.2) is 5.75 Å². The van der Waals surface area contributed by atoms with Crippen molar-refractivity contribution in [2.45, 2.75) is 6.36 Å². The molecule has 0 saturated carbocycles. The summed E-state index contributed by atoms with van der Waals surface area (Å²) < 4.78 is 39.9. The molecule has 14 heavy (non-hydrogen) atoms. The zero-order valence-corrected chi connectivity index (χ0v) is 10.1. The van der Waals surface area contributed by atoms with Crippen molar-refractivity contribution in [3.63, 3.8) is 0 Å². The fraction of sp³-hybridized carbons (Fsp3) is 0.167. The summed E-state index contributed by atoms with van der Waals surface area (Å²) in [4.78, 5) is 3.71. The Balaban J connectivity index is 3.13. The maximum Gasteiger partial charge on any atom is 0.573 e. The van der Waals surface area contributed by atoms with Crippen molar-refractivity contribution >= 4 is 44.2 Å². The first kappa shape index (κ1) is 11.8. The van der Waals surface area contributed by atoms with Gasteiger partial charge < -0.3 is 10.5 Å². The number of alkyl halides is 3. The van der Waals surface area contributed by atoms with Crippen LogP contribution in [0, 0.1) is 3.57 Å². The lowest BCUT2D eigenvalue weighted by atomic mass is 10.4. The number of aromatic nitrogens is 1. The summed E-state index contributed by atoms with van der Waals surface area (Å²) in [6, 6.07) is 0. The molecular formula is C6H3BrF3IN2O. The number of hydrogen-bond acceptors (Lipinski definition) is 3. The number of halogens is 5. The van der Waals surface area contributed by atoms with Gasteiger partial charge in [-0.05, 0) is 38.5 Å². The van der Waals surface area contributed by atoms with Gasteiger partial charge in [-0.2, -0.15) is 0 Å². The van der Waals surface area contributed by atoms with Gasteiger partial charge in [0.2, 0.25) is 0 Å². The van der Waals surface area contributed by atoms with Crippen LogP contribution in [0.4, 0.5) is 18.9 Å². The molecule has 0 saturated heterocycles. The highest BCUT2D eigenvalue weighted by molar-refractivity contribution is 14.1. The Bertz CT molecular complexity index is 358. The standard InChI is InChI=1S/C6H3BrF3IN2O/c7-5-3(11)4(2(12)1-13-5)14-6(8,9)10/h1H,12H2. The molecule has 0 aliphatic heterocycles. The largest absolute Gasteiger partial charge is 0.573 e. The molecule has 0 aliphatic rings. The van der Waals surface area contributed by atoms with Gasteiger partial charge in [-0.25, -0.2) is 4.98 Å². The first-order valence-electron chi connectivity index (χ1n) is 3.16. The first-order valence-corrected chi connectivity index (χ1v) is 5.03. The summed E-state index contributed by atoms with van der Waals surface area (Å²) in [7, 11) is 0. The number of nitrogen functional groups attached to an aromatic ring is 1. The van der Waals surface area contributed by atoms with Crippen molar-refractivity contribution in [1.29, 1.82) is 0 Å². The van der Waals surface area contributed by atoms with Crippen LogP contribution >= 0.6 is 38.5 Å². The number of pyridine rings is 1. The van der Waals surface area contributed by atoms with E-state index in [2.05, 4.69) is 25.7 Å². The zero-order chi connectivity index (χ0) is 10.9. The quantitative estimate of drug-likeness (QED) is 0.600. The first-order chi connectivity index (χ1) is 6.31. The molecule has 0 bridgehead atoms. The van der Waals surface area contributed by atoms with Crippen molar-refractivity contribution in [1.82, 2.24) is 4.98 Å². The Morgan fingerprint density at radius 1 is 1.50 bits per heavy atom. The number of hydrogen-bond donors (Lipinski definition) is 1. The van der Waals surface area contributed by atoms with E-state index in [0.29, 0.717) is 0 Å². The zero-order valence-electron chi connectivity index (χ0n) is 6.40. The van der Waals surface area contributed by atoms with E-state index in [-0.39, 0.29) is 13.9 Å². The van der Waals surface area contributed by atoms with Crippen molar-refractivity contribution in [2.75, 3.05) is 5.73 Å². The second kappa shape index (κ2) is 4.09. The van der Waals surface area contributed by atoms with Crippen LogP contribution in [0.1, 0.15) is 0 Å². The van der Waals surface area contributed by atoms with E-state index in [0.717, 1.165) is 6.20 Å². The van der Waals surface area contributed by atoms with Crippen molar-refractivity contribution in [3.05, 3.63) is 14.4 Å². The van der Waals surface area contributed by atoms with Gasteiger partial charge in [0.05, 0.1) is 15.5 Å². The Kier molecular flexibility index (Phi) is 3.45. The molecule has 0 aromatic carbocycles. The maximum absolute atomic E-state index is 11.9. The van der Waals surface area contributed by atoms with Crippen LogP contribution < -0.4 is 10.5 Å². The highest BCUT2D eigenvalue weighted by atomic mass is 127. The third-order valence-corrected chi connectivity index (χ3v) is 3.52. The van der Waals surface area contributed by atoms with E-state index in [4.69, 9.17) is 5.73 Å². The van der Waals surface area contributed by atoms with Gasteiger partial charge in [0.25, 0.3) is 0 Å². The Morgan fingerprint density at radius 3 is 2.57 bits per heavy atom. The van der Waals surface area contributed by atoms with Gasteiger partial charge in [-0.3, -0.25) is 0 Å². The van der Waals surface area contributed by atoms with E-state index in [9.17, 15) is 13.2 Å². The molecule has 0 aliphatic carbocycles. The molecule has 8 heteroatoms.